The molecule has 0 bridgehead atoms. The van der Waals surface area contributed by atoms with Gasteiger partial charge in [-0.05, 0) is 37.6 Å². The van der Waals surface area contributed by atoms with Gasteiger partial charge in [0.15, 0.2) is 11.5 Å². The van der Waals surface area contributed by atoms with Crippen LogP contribution in [0.2, 0.25) is 5.02 Å². The minimum atomic E-state index is 0.701. The molecule has 18 heavy (non-hydrogen) atoms. The number of halogens is 1. The Balaban J connectivity index is 2.27. The van der Waals surface area contributed by atoms with Gasteiger partial charge in [-0.2, -0.15) is 9.61 Å². The van der Waals surface area contributed by atoms with E-state index in [0.717, 1.165) is 28.3 Å². The van der Waals surface area contributed by atoms with Crippen molar-refractivity contribution in [2.24, 2.45) is 0 Å². The Labute approximate surface area is 109 Å². The second kappa shape index (κ2) is 4.07. The molecule has 0 atom stereocenters. The molecule has 5 heteroatoms. The van der Waals surface area contributed by atoms with Crippen LogP contribution >= 0.6 is 11.6 Å². The van der Waals surface area contributed by atoms with Crippen molar-refractivity contribution in [2.75, 3.05) is 0 Å². The molecule has 0 aliphatic carbocycles. The first kappa shape index (κ1) is 11.2. The van der Waals surface area contributed by atoms with Gasteiger partial charge in [0.1, 0.15) is 0 Å². The van der Waals surface area contributed by atoms with Crippen LogP contribution in [0.5, 0.6) is 0 Å². The van der Waals surface area contributed by atoms with Gasteiger partial charge >= 0.3 is 0 Å². The highest BCUT2D eigenvalue weighted by molar-refractivity contribution is 6.30. The third-order valence-electron chi connectivity index (χ3n) is 2.83. The summed E-state index contributed by atoms with van der Waals surface area (Å²) in [7, 11) is 0. The molecule has 2 aromatic heterocycles. The minimum Gasteiger partial charge on any atom is -0.197 e. The molecule has 3 aromatic rings. The second-order valence-electron chi connectivity index (χ2n) is 4.21. The van der Waals surface area contributed by atoms with E-state index in [9.17, 15) is 0 Å². The first-order chi connectivity index (χ1) is 8.65. The molecular formula is C13H11ClN4. The van der Waals surface area contributed by atoms with Crippen molar-refractivity contribution in [1.82, 2.24) is 19.8 Å². The molecule has 0 spiro atoms. The lowest BCUT2D eigenvalue weighted by molar-refractivity contribution is 0.876. The number of hydrogen-bond acceptors (Lipinski definition) is 3. The highest BCUT2D eigenvalue weighted by atomic mass is 35.5. The molecule has 3 rings (SSSR count). The van der Waals surface area contributed by atoms with Gasteiger partial charge in [-0.25, -0.2) is 0 Å². The quantitative estimate of drug-likeness (QED) is 0.674. The Hall–Kier alpha value is -1.94. The minimum absolute atomic E-state index is 0.701. The number of aryl methyl sites for hydroxylation is 2. The van der Waals surface area contributed by atoms with Crippen LogP contribution in [-0.4, -0.2) is 19.8 Å². The van der Waals surface area contributed by atoms with Crippen LogP contribution in [0.15, 0.2) is 30.3 Å². The lowest BCUT2D eigenvalue weighted by atomic mass is 10.1. The third-order valence-corrected chi connectivity index (χ3v) is 3.07. The third kappa shape index (κ3) is 1.75. The molecule has 0 unspecified atom stereocenters. The monoisotopic (exact) mass is 258 g/mol. The van der Waals surface area contributed by atoms with Gasteiger partial charge in [-0.15, -0.1) is 10.2 Å². The smallest absolute Gasteiger partial charge is 0.180 e. The Kier molecular flexibility index (Phi) is 2.52. The number of benzene rings is 1. The van der Waals surface area contributed by atoms with Gasteiger partial charge in [0.2, 0.25) is 0 Å². The van der Waals surface area contributed by atoms with Crippen LogP contribution in [0.4, 0.5) is 0 Å². The molecule has 0 saturated carbocycles. The number of rotatable bonds is 1. The summed E-state index contributed by atoms with van der Waals surface area (Å²) in [6, 6.07) is 9.64. The first-order valence-corrected chi connectivity index (χ1v) is 5.98. The summed E-state index contributed by atoms with van der Waals surface area (Å²) >= 11 is 6.00. The fourth-order valence-electron chi connectivity index (χ4n) is 1.92. The average Bonchev–Trinajstić information content (AvgIpc) is 2.72. The zero-order chi connectivity index (χ0) is 12.7. The predicted molar refractivity (Wildman–Crippen MR) is 70.7 cm³/mol. The summed E-state index contributed by atoms with van der Waals surface area (Å²) in [6.07, 6.45) is 0. The number of fused-ring (bicyclic) bond motifs is 1. The molecule has 0 aliphatic heterocycles. The van der Waals surface area contributed by atoms with E-state index in [0.29, 0.717) is 5.02 Å². The Bertz CT molecular complexity index is 733. The highest BCUT2D eigenvalue weighted by Crippen LogP contribution is 2.22. The fourth-order valence-corrected chi connectivity index (χ4v) is 2.11. The van der Waals surface area contributed by atoms with E-state index in [2.05, 4.69) is 15.3 Å². The molecule has 0 N–H and O–H groups in total. The van der Waals surface area contributed by atoms with Gasteiger partial charge in [0, 0.05) is 10.6 Å². The van der Waals surface area contributed by atoms with Crippen molar-refractivity contribution in [3.63, 3.8) is 0 Å². The lowest BCUT2D eigenvalue weighted by Crippen LogP contribution is -1.99. The average molecular weight is 259 g/mol. The number of aromatic nitrogens is 4. The van der Waals surface area contributed by atoms with Crippen LogP contribution in [0.25, 0.3) is 16.9 Å². The fraction of sp³-hybridized carbons (Fsp3) is 0.154. The van der Waals surface area contributed by atoms with Crippen LogP contribution in [0, 0.1) is 13.8 Å². The SMILES string of the molecule is Cc1cc(-c2cccc(Cl)c2)nn2c(C)nnc12. The first-order valence-electron chi connectivity index (χ1n) is 5.61. The van der Waals surface area contributed by atoms with Gasteiger partial charge in [0.25, 0.3) is 0 Å². The molecule has 2 heterocycles. The maximum atomic E-state index is 6.00. The molecular weight excluding hydrogens is 248 g/mol. The molecule has 0 aliphatic rings. The Morgan fingerprint density at radius 3 is 2.72 bits per heavy atom. The predicted octanol–water partition coefficient (Wildman–Crippen LogP) is 3.06. The van der Waals surface area contributed by atoms with Gasteiger partial charge in [-0.3, -0.25) is 0 Å². The van der Waals surface area contributed by atoms with Crippen LogP contribution in [-0.2, 0) is 0 Å². The van der Waals surface area contributed by atoms with Gasteiger partial charge in [0.05, 0.1) is 5.69 Å². The van der Waals surface area contributed by atoms with Crippen LogP contribution in [0.3, 0.4) is 0 Å². The molecule has 0 fully saturated rings. The zero-order valence-electron chi connectivity index (χ0n) is 10.1. The molecule has 4 nitrogen and oxygen atoms in total. The highest BCUT2D eigenvalue weighted by Gasteiger charge is 2.09. The van der Waals surface area contributed by atoms with Crippen molar-refractivity contribution in [3.8, 4) is 11.3 Å². The Morgan fingerprint density at radius 2 is 1.94 bits per heavy atom. The van der Waals surface area contributed by atoms with E-state index in [-0.39, 0.29) is 0 Å². The van der Waals surface area contributed by atoms with Crippen molar-refractivity contribution in [1.29, 1.82) is 0 Å². The summed E-state index contributed by atoms with van der Waals surface area (Å²) in [6.45, 7) is 3.88. The van der Waals surface area contributed by atoms with Crippen LogP contribution in [0.1, 0.15) is 11.4 Å². The second-order valence-corrected chi connectivity index (χ2v) is 4.64. The van der Waals surface area contributed by atoms with E-state index in [1.54, 1.807) is 4.52 Å². The zero-order valence-corrected chi connectivity index (χ0v) is 10.8. The lowest BCUT2D eigenvalue weighted by Gasteiger charge is -2.04. The Morgan fingerprint density at radius 1 is 1.11 bits per heavy atom. The topological polar surface area (TPSA) is 43.1 Å². The van der Waals surface area contributed by atoms with Gasteiger partial charge in [-0.1, -0.05) is 23.7 Å². The van der Waals surface area contributed by atoms with Crippen molar-refractivity contribution < 1.29 is 0 Å². The molecule has 90 valence electrons. The van der Waals surface area contributed by atoms with Crippen molar-refractivity contribution in [3.05, 3.63) is 46.7 Å². The molecule has 0 saturated heterocycles. The van der Waals surface area contributed by atoms with Gasteiger partial charge < -0.3 is 0 Å². The van der Waals surface area contributed by atoms with E-state index in [1.807, 2.05) is 44.2 Å². The van der Waals surface area contributed by atoms with E-state index in [1.165, 1.54) is 0 Å². The number of nitrogens with zero attached hydrogens (tertiary/aromatic N) is 4. The standard InChI is InChI=1S/C13H11ClN4/c1-8-6-12(10-4-3-5-11(14)7-10)17-18-9(2)15-16-13(8)18/h3-7H,1-2H3. The largest absolute Gasteiger partial charge is 0.197 e. The maximum Gasteiger partial charge on any atom is 0.180 e. The van der Waals surface area contributed by atoms with Crippen LogP contribution < -0.4 is 0 Å². The van der Waals surface area contributed by atoms with E-state index in [4.69, 9.17) is 11.6 Å². The molecule has 0 radical (unpaired) electrons. The van der Waals surface area contributed by atoms with E-state index >= 15 is 0 Å². The molecule has 0 amide bonds. The number of hydrogen-bond donors (Lipinski definition) is 0. The normalized spacial score (nSPS) is 11.1. The maximum absolute atomic E-state index is 6.00. The summed E-state index contributed by atoms with van der Waals surface area (Å²) < 4.78 is 1.76. The summed E-state index contributed by atoms with van der Waals surface area (Å²) in [5.74, 6) is 0.775. The summed E-state index contributed by atoms with van der Waals surface area (Å²) in [5, 5.41) is 13.4. The van der Waals surface area contributed by atoms with Crippen molar-refractivity contribution >= 4 is 17.2 Å². The summed E-state index contributed by atoms with van der Waals surface area (Å²) in [5.41, 5.74) is 3.69. The van der Waals surface area contributed by atoms with Crippen molar-refractivity contribution in [2.45, 2.75) is 13.8 Å². The molecule has 1 aromatic carbocycles. The van der Waals surface area contributed by atoms with E-state index < -0.39 is 0 Å². The summed E-state index contributed by atoms with van der Waals surface area (Å²) in [4.78, 5) is 0.